The highest BCUT2D eigenvalue weighted by Crippen LogP contribution is 2.22. The van der Waals surface area contributed by atoms with E-state index in [0.29, 0.717) is 12.2 Å². The highest BCUT2D eigenvalue weighted by atomic mass is 19.1. The molecule has 16 heavy (non-hydrogen) atoms. The highest BCUT2D eigenvalue weighted by Gasteiger charge is 2.14. The first-order valence-corrected chi connectivity index (χ1v) is 5.26. The lowest BCUT2D eigenvalue weighted by Gasteiger charge is -2.27. The van der Waals surface area contributed by atoms with Gasteiger partial charge < -0.3 is 10.0 Å². The standard InChI is InChI=1S/C12H16FNO2/c1-4-14(8(2)3)11-6-5-9(12(15)16)7-10(11)13/h5-8H,4H2,1-3H3,(H,15,16). The van der Waals surface area contributed by atoms with Crippen LogP contribution in [-0.4, -0.2) is 23.7 Å². The maximum atomic E-state index is 13.7. The van der Waals surface area contributed by atoms with E-state index in [1.165, 1.54) is 12.1 Å². The number of anilines is 1. The SMILES string of the molecule is CCN(c1ccc(C(=O)O)cc1F)C(C)C. The van der Waals surface area contributed by atoms with Crippen LogP contribution in [0.3, 0.4) is 0 Å². The Hall–Kier alpha value is -1.58. The van der Waals surface area contributed by atoms with Crippen molar-refractivity contribution in [2.24, 2.45) is 0 Å². The number of halogens is 1. The number of nitrogens with zero attached hydrogens (tertiary/aromatic N) is 1. The second-order valence-electron chi connectivity index (χ2n) is 3.85. The van der Waals surface area contributed by atoms with Crippen molar-refractivity contribution >= 4 is 11.7 Å². The van der Waals surface area contributed by atoms with Crippen LogP contribution in [0, 0.1) is 5.82 Å². The van der Waals surface area contributed by atoms with Crippen molar-refractivity contribution < 1.29 is 14.3 Å². The minimum atomic E-state index is -1.11. The Kier molecular flexibility index (Phi) is 3.88. The summed E-state index contributed by atoms with van der Waals surface area (Å²) in [5.74, 6) is -1.60. The molecule has 0 aliphatic heterocycles. The topological polar surface area (TPSA) is 40.5 Å². The number of hydrogen-bond acceptors (Lipinski definition) is 2. The molecule has 0 radical (unpaired) electrons. The summed E-state index contributed by atoms with van der Waals surface area (Å²) in [7, 11) is 0. The molecule has 1 aromatic rings. The van der Waals surface area contributed by atoms with Gasteiger partial charge in [0.1, 0.15) is 5.82 Å². The Morgan fingerprint density at radius 2 is 2.12 bits per heavy atom. The number of rotatable bonds is 4. The van der Waals surface area contributed by atoms with Gasteiger partial charge in [0, 0.05) is 12.6 Å². The van der Waals surface area contributed by atoms with E-state index in [-0.39, 0.29) is 11.6 Å². The summed E-state index contributed by atoms with van der Waals surface area (Å²) in [5, 5.41) is 8.72. The first-order chi connectivity index (χ1) is 7.47. The van der Waals surface area contributed by atoms with Gasteiger partial charge in [0.05, 0.1) is 11.3 Å². The van der Waals surface area contributed by atoms with E-state index in [2.05, 4.69) is 0 Å². The van der Waals surface area contributed by atoms with Crippen molar-refractivity contribution in [3.8, 4) is 0 Å². The Labute approximate surface area is 94.5 Å². The van der Waals surface area contributed by atoms with Crippen molar-refractivity contribution in [1.29, 1.82) is 0 Å². The van der Waals surface area contributed by atoms with Gasteiger partial charge in [0.25, 0.3) is 0 Å². The quantitative estimate of drug-likeness (QED) is 0.856. The number of benzene rings is 1. The smallest absolute Gasteiger partial charge is 0.335 e. The van der Waals surface area contributed by atoms with Crippen LogP contribution in [0.25, 0.3) is 0 Å². The van der Waals surface area contributed by atoms with E-state index >= 15 is 0 Å². The summed E-state index contributed by atoms with van der Waals surface area (Å²) in [6.07, 6.45) is 0. The molecule has 0 unspecified atom stereocenters. The lowest BCUT2D eigenvalue weighted by molar-refractivity contribution is 0.0696. The van der Waals surface area contributed by atoms with Gasteiger partial charge in [-0.3, -0.25) is 0 Å². The van der Waals surface area contributed by atoms with Crippen molar-refractivity contribution in [1.82, 2.24) is 0 Å². The molecule has 4 heteroatoms. The summed E-state index contributed by atoms with van der Waals surface area (Å²) in [6, 6.07) is 4.17. The molecule has 0 bridgehead atoms. The molecule has 0 spiro atoms. The highest BCUT2D eigenvalue weighted by molar-refractivity contribution is 5.88. The van der Waals surface area contributed by atoms with Gasteiger partial charge in [-0.15, -0.1) is 0 Å². The fourth-order valence-electron chi connectivity index (χ4n) is 1.69. The first-order valence-electron chi connectivity index (χ1n) is 5.26. The summed E-state index contributed by atoms with van der Waals surface area (Å²) in [5.41, 5.74) is 0.420. The second kappa shape index (κ2) is 4.96. The lowest BCUT2D eigenvalue weighted by Crippen LogP contribution is -2.31. The predicted molar refractivity (Wildman–Crippen MR) is 61.5 cm³/mol. The van der Waals surface area contributed by atoms with Crippen LogP contribution in [-0.2, 0) is 0 Å². The Morgan fingerprint density at radius 3 is 2.50 bits per heavy atom. The van der Waals surface area contributed by atoms with Gasteiger partial charge in [-0.1, -0.05) is 0 Å². The van der Waals surface area contributed by atoms with Crippen LogP contribution in [0.2, 0.25) is 0 Å². The molecule has 0 saturated carbocycles. The van der Waals surface area contributed by atoms with Crippen molar-refractivity contribution in [2.45, 2.75) is 26.8 Å². The fraction of sp³-hybridized carbons (Fsp3) is 0.417. The molecule has 0 amide bonds. The van der Waals surface area contributed by atoms with E-state index in [1.54, 1.807) is 0 Å². The van der Waals surface area contributed by atoms with E-state index < -0.39 is 11.8 Å². The fourth-order valence-corrected chi connectivity index (χ4v) is 1.69. The molecular formula is C12H16FNO2. The van der Waals surface area contributed by atoms with Crippen LogP contribution in [0.15, 0.2) is 18.2 Å². The largest absolute Gasteiger partial charge is 0.478 e. The normalized spacial score (nSPS) is 10.6. The second-order valence-corrected chi connectivity index (χ2v) is 3.85. The zero-order chi connectivity index (χ0) is 12.3. The average molecular weight is 225 g/mol. The molecule has 0 atom stereocenters. The molecule has 3 nitrogen and oxygen atoms in total. The van der Waals surface area contributed by atoms with Gasteiger partial charge >= 0.3 is 5.97 Å². The number of carboxylic acids is 1. The van der Waals surface area contributed by atoms with Gasteiger partial charge in [0.2, 0.25) is 0 Å². The van der Waals surface area contributed by atoms with Crippen LogP contribution in [0.4, 0.5) is 10.1 Å². The summed E-state index contributed by atoms with van der Waals surface area (Å²) in [6.45, 7) is 6.55. The van der Waals surface area contributed by atoms with E-state index in [0.717, 1.165) is 6.07 Å². The zero-order valence-electron chi connectivity index (χ0n) is 9.70. The van der Waals surface area contributed by atoms with Gasteiger partial charge in [-0.2, -0.15) is 0 Å². The number of hydrogen-bond donors (Lipinski definition) is 1. The molecule has 1 rings (SSSR count). The van der Waals surface area contributed by atoms with Crippen LogP contribution in [0.5, 0.6) is 0 Å². The van der Waals surface area contributed by atoms with E-state index in [4.69, 9.17) is 5.11 Å². The Morgan fingerprint density at radius 1 is 1.50 bits per heavy atom. The van der Waals surface area contributed by atoms with Crippen LogP contribution >= 0.6 is 0 Å². The summed E-state index contributed by atoms with van der Waals surface area (Å²) < 4.78 is 13.7. The van der Waals surface area contributed by atoms with Crippen molar-refractivity contribution in [2.75, 3.05) is 11.4 Å². The molecule has 0 heterocycles. The third-order valence-electron chi connectivity index (χ3n) is 2.47. The molecule has 0 aromatic heterocycles. The molecule has 0 aliphatic rings. The van der Waals surface area contributed by atoms with Gasteiger partial charge in [-0.25, -0.2) is 9.18 Å². The predicted octanol–water partition coefficient (Wildman–Crippen LogP) is 2.76. The molecule has 0 saturated heterocycles. The van der Waals surface area contributed by atoms with Crippen molar-refractivity contribution in [3.05, 3.63) is 29.6 Å². The summed E-state index contributed by atoms with van der Waals surface area (Å²) in [4.78, 5) is 12.5. The monoisotopic (exact) mass is 225 g/mol. The van der Waals surface area contributed by atoms with Crippen molar-refractivity contribution in [3.63, 3.8) is 0 Å². The number of aromatic carboxylic acids is 1. The Balaban J connectivity index is 3.11. The lowest BCUT2D eigenvalue weighted by atomic mass is 10.1. The van der Waals surface area contributed by atoms with Gasteiger partial charge in [-0.05, 0) is 39.0 Å². The molecule has 0 fully saturated rings. The van der Waals surface area contributed by atoms with Gasteiger partial charge in [0.15, 0.2) is 0 Å². The summed E-state index contributed by atoms with van der Waals surface area (Å²) >= 11 is 0. The molecular weight excluding hydrogens is 209 g/mol. The number of carbonyl (C=O) groups is 1. The van der Waals surface area contributed by atoms with E-state index in [9.17, 15) is 9.18 Å². The zero-order valence-corrected chi connectivity index (χ0v) is 9.70. The third kappa shape index (κ3) is 2.51. The number of carboxylic acid groups (broad SMARTS) is 1. The average Bonchev–Trinajstić information content (AvgIpc) is 2.20. The molecule has 0 aliphatic carbocycles. The Bertz CT molecular complexity index is 391. The molecule has 1 N–H and O–H groups in total. The third-order valence-corrected chi connectivity index (χ3v) is 2.47. The van der Waals surface area contributed by atoms with Crippen LogP contribution < -0.4 is 4.90 Å². The molecule has 88 valence electrons. The van der Waals surface area contributed by atoms with Crippen LogP contribution in [0.1, 0.15) is 31.1 Å². The van der Waals surface area contributed by atoms with E-state index in [1.807, 2.05) is 25.7 Å². The maximum Gasteiger partial charge on any atom is 0.335 e. The first kappa shape index (κ1) is 12.5. The minimum Gasteiger partial charge on any atom is -0.478 e. The molecule has 1 aromatic carbocycles. The maximum absolute atomic E-state index is 13.7. The minimum absolute atomic E-state index is 0.0268.